The van der Waals surface area contributed by atoms with Gasteiger partial charge in [0, 0.05) is 26.8 Å². The molecule has 0 bridgehead atoms. The highest BCUT2D eigenvalue weighted by Gasteiger charge is 2.10. The molecule has 0 radical (unpaired) electrons. The third-order valence-corrected chi connectivity index (χ3v) is 5.04. The standard InChI is InChI=1S/C14H11N3O2S2/c18-17(19)10-3-6-14(15-8-10)16-9-11-4-5-13(21-11)12-2-1-7-20-12/h1-8H,9H2,(H,15,16)/p+1. The Balaban J connectivity index is 1.64. The van der Waals surface area contributed by atoms with Crippen LogP contribution in [0.2, 0.25) is 0 Å². The predicted molar refractivity (Wildman–Crippen MR) is 84.6 cm³/mol. The summed E-state index contributed by atoms with van der Waals surface area (Å²) >= 11 is 3.47. The van der Waals surface area contributed by atoms with Crippen LogP contribution in [0.5, 0.6) is 0 Å². The highest BCUT2D eigenvalue weighted by Crippen LogP contribution is 2.31. The summed E-state index contributed by atoms with van der Waals surface area (Å²) in [5.41, 5.74) is 0.0525. The average molecular weight is 318 g/mol. The maximum absolute atomic E-state index is 10.6. The number of anilines is 1. The van der Waals surface area contributed by atoms with Gasteiger partial charge >= 0.3 is 5.69 Å². The smallest absolute Gasteiger partial charge is 0.269 e. The largest absolute Gasteiger partial charge is 0.308 e. The zero-order valence-corrected chi connectivity index (χ0v) is 12.5. The predicted octanol–water partition coefficient (Wildman–Crippen LogP) is 3.81. The van der Waals surface area contributed by atoms with Gasteiger partial charge in [-0.2, -0.15) is 0 Å². The third kappa shape index (κ3) is 3.26. The molecule has 0 aromatic carbocycles. The lowest BCUT2D eigenvalue weighted by atomic mass is 10.3. The van der Waals surface area contributed by atoms with Crippen molar-refractivity contribution in [3.05, 3.63) is 63.0 Å². The summed E-state index contributed by atoms with van der Waals surface area (Å²) in [5, 5.41) is 15.9. The zero-order valence-electron chi connectivity index (χ0n) is 10.9. The normalized spacial score (nSPS) is 10.5. The second kappa shape index (κ2) is 6.02. The summed E-state index contributed by atoms with van der Waals surface area (Å²) in [5.74, 6) is 0.756. The topological polar surface area (TPSA) is 69.3 Å². The number of thiophene rings is 2. The summed E-state index contributed by atoms with van der Waals surface area (Å²) in [6.07, 6.45) is 1.38. The number of nitrogens with zero attached hydrogens (tertiary/aromatic N) is 1. The van der Waals surface area contributed by atoms with Crippen molar-refractivity contribution < 1.29 is 9.91 Å². The van der Waals surface area contributed by atoms with E-state index in [4.69, 9.17) is 0 Å². The Hall–Kier alpha value is -2.25. The van der Waals surface area contributed by atoms with E-state index in [0.717, 1.165) is 5.82 Å². The van der Waals surface area contributed by atoms with Crippen LogP contribution < -0.4 is 10.3 Å². The lowest BCUT2D eigenvalue weighted by Crippen LogP contribution is -2.12. The van der Waals surface area contributed by atoms with Crippen LogP contribution in [0.4, 0.5) is 11.5 Å². The van der Waals surface area contributed by atoms with Gasteiger partial charge in [-0.05, 0) is 23.6 Å². The second-order valence-electron chi connectivity index (χ2n) is 4.31. The van der Waals surface area contributed by atoms with Gasteiger partial charge in [0.2, 0.25) is 0 Å². The van der Waals surface area contributed by atoms with Gasteiger partial charge in [-0.25, -0.2) is 4.98 Å². The fraction of sp³-hybridized carbons (Fsp3) is 0.0714. The van der Waals surface area contributed by atoms with E-state index in [9.17, 15) is 10.1 Å². The minimum Gasteiger partial charge on any atom is -0.269 e. The first-order valence-electron chi connectivity index (χ1n) is 6.25. The van der Waals surface area contributed by atoms with Crippen LogP contribution in [-0.2, 0) is 6.54 Å². The van der Waals surface area contributed by atoms with Crippen LogP contribution in [0.1, 0.15) is 4.88 Å². The van der Waals surface area contributed by atoms with Crippen LogP contribution in [-0.4, -0.2) is 4.92 Å². The maximum atomic E-state index is 10.6. The quantitative estimate of drug-likeness (QED) is 0.574. The Morgan fingerprint density at radius 1 is 1.19 bits per heavy atom. The molecule has 7 heteroatoms. The molecule has 3 heterocycles. The Morgan fingerprint density at radius 3 is 2.76 bits per heavy atom. The number of hydrogen-bond donors (Lipinski definition) is 1. The summed E-state index contributed by atoms with van der Waals surface area (Å²) in [6.45, 7) is 0.685. The van der Waals surface area contributed by atoms with Gasteiger partial charge in [0.05, 0.1) is 4.92 Å². The van der Waals surface area contributed by atoms with Crippen molar-refractivity contribution in [1.82, 2.24) is 0 Å². The number of hydrogen-bond acceptors (Lipinski definition) is 5. The molecular weight excluding hydrogens is 306 g/mol. The van der Waals surface area contributed by atoms with Gasteiger partial charge in [0.1, 0.15) is 6.54 Å². The van der Waals surface area contributed by atoms with Crippen LogP contribution >= 0.6 is 22.7 Å². The van der Waals surface area contributed by atoms with Crippen molar-refractivity contribution in [1.29, 1.82) is 0 Å². The van der Waals surface area contributed by atoms with Crippen LogP contribution in [0.25, 0.3) is 9.75 Å². The lowest BCUT2D eigenvalue weighted by Gasteiger charge is -1.96. The van der Waals surface area contributed by atoms with Crippen molar-refractivity contribution in [3.8, 4) is 9.75 Å². The molecule has 106 valence electrons. The van der Waals surface area contributed by atoms with Crippen molar-refractivity contribution in [3.63, 3.8) is 0 Å². The monoisotopic (exact) mass is 318 g/mol. The van der Waals surface area contributed by atoms with Crippen LogP contribution in [0.15, 0.2) is 48.0 Å². The minimum absolute atomic E-state index is 0.0525. The Morgan fingerprint density at radius 2 is 2.10 bits per heavy atom. The van der Waals surface area contributed by atoms with E-state index in [0.29, 0.717) is 6.54 Å². The zero-order chi connectivity index (χ0) is 14.7. The second-order valence-corrected chi connectivity index (χ2v) is 6.43. The molecule has 3 aromatic heterocycles. The van der Waals surface area contributed by atoms with Gasteiger partial charge in [0.25, 0.3) is 5.82 Å². The molecule has 0 saturated carbocycles. The fourth-order valence-electron chi connectivity index (χ4n) is 1.85. The molecular formula is C14H12N3O2S2+. The Labute approximate surface area is 129 Å². The molecule has 0 fully saturated rings. The summed E-state index contributed by atoms with van der Waals surface area (Å²) < 4.78 is 0. The molecule has 3 rings (SSSR count). The molecule has 0 atom stereocenters. The Kier molecular flexibility index (Phi) is 3.94. The molecule has 0 aliphatic rings. The van der Waals surface area contributed by atoms with E-state index < -0.39 is 4.92 Å². The molecule has 0 spiro atoms. The van der Waals surface area contributed by atoms with Gasteiger partial charge in [0.15, 0.2) is 6.20 Å². The molecule has 0 unspecified atom stereocenters. The summed E-state index contributed by atoms with van der Waals surface area (Å²) in [6, 6.07) is 11.5. The highest BCUT2D eigenvalue weighted by atomic mass is 32.1. The van der Waals surface area contributed by atoms with Crippen molar-refractivity contribution in [2.45, 2.75) is 6.54 Å². The van der Waals surface area contributed by atoms with Crippen LogP contribution in [0.3, 0.4) is 0 Å². The third-order valence-electron chi connectivity index (χ3n) is 2.89. The molecule has 3 aromatic rings. The summed E-state index contributed by atoms with van der Waals surface area (Å²) in [7, 11) is 0. The number of aromatic amines is 1. The van der Waals surface area contributed by atoms with E-state index in [1.54, 1.807) is 28.7 Å². The summed E-state index contributed by atoms with van der Waals surface area (Å²) in [4.78, 5) is 16.8. The van der Waals surface area contributed by atoms with Crippen molar-refractivity contribution in [2.24, 2.45) is 0 Å². The van der Waals surface area contributed by atoms with Crippen LogP contribution in [0, 0.1) is 10.1 Å². The molecule has 0 aliphatic carbocycles. The molecule has 0 aliphatic heterocycles. The lowest BCUT2D eigenvalue weighted by molar-refractivity contribution is -0.413. The van der Waals surface area contributed by atoms with Gasteiger partial charge < -0.3 is 0 Å². The molecule has 0 amide bonds. The fourth-order valence-corrected chi connectivity index (χ4v) is 3.63. The highest BCUT2D eigenvalue weighted by molar-refractivity contribution is 7.21. The maximum Gasteiger partial charge on any atom is 0.308 e. The number of rotatable bonds is 5. The first kappa shape index (κ1) is 13.7. The average Bonchev–Trinajstić information content (AvgIpc) is 3.16. The molecule has 2 N–H and O–H groups in total. The SMILES string of the molecule is O=[N+]([O-])c1ccc(NCc2ccc(-c3cccs3)s2)[nH+]c1. The number of nitro groups is 1. The number of H-pyrrole nitrogens is 1. The van der Waals surface area contributed by atoms with Crippen molar-refractivity contribution in [2.75, 3.05) is 5.32 Å². The van der Waals surface area contributed by atoms with Gasteiger partial charge in [-0.15, -0.1) is 22.7 Å². The van der Waals surface area contributed by atoms with Gasteiger partial charge in [-0.1, -0.05) is 6.07 Å². The molecule has 21 heavy (non-hydrogen) atoms. The van der Waals surface area contributed by atoms with E-state index in [1.807, 2.05) is 6.07 Å². The van der Waals surface area contributed by atoms with E-state index in [-0.39, 0.29) is 5.69 Å². The first-order valence-corrected chi connectivity index (χ1v) is 7.94. The minimum atomic E-state index is -0.424. The van der Waals surface area contributed by atoms with Gasteiger partial charge in [-0.3, -0.25) is 15.4 Å². The first-order chi connectivity index (χ1) is 10.2. The van der Waals surface area contributed by atoms with E-state index >= 15 is 0 Å². The van der Waals surface area contributed by atoms with Crippen molar-refractivity contribution >= 4 is 34.2 Å². The number of pyridine rings is 1. The number of nitrogens with one attached hydrogen (secondary N) is 2. The molecule has 0 saturated heterocycles. The van der Waals surface area contributed by atoms with E-state index in [1.165, 1.54) is 26.9 Å². The number of aromatic nitrogens is 1. The molecule has 5 nitrogen and oxygen atoms in total. The Bertz CT molecular complexity index is 736. The van der Waals surface area contributed by atoms with E-state index in [2.05, 4.69) is 33.9 Å².